The van der Waals surface area contributed by atoms with E-state index in [9.17, 15) is 9.18 Å². The number of alkyl carbamates (subject to hydrolysis) is 1. The van der Waals surface area contributed by atoms with Gasteiger partial charge in [-0.1, -0.05) is 12.1 Å². The van der Waals surface area contributed by atoms with Gasteiger partial charge in [-0.2, -0.15) is 0 Å². The van der Waals surface area contributed by atoms with E-state index in [1.54, 1.807) is 39.1 Å². The van der Waals surface area contributed by atoms with E-state index in [4.69, 9.17) is 4.74 Å². The van der Waals surface area contributed by atoms with Crippen LogP contribution in [0.5, 0.6) is 0 Å². The van der Waals surface area contributed by atoms with Gasteiger partial charge >= 0.3 is 6.09 Å². The van der Waals surface area contributed by atoms with Gasteiger partial charge in [0.05, 0.1) is 11.7 Å². The molecule has 0 saturated heterocycles. The van der Waals surface area contributed by atoms with Crippen LogP contribution in [0, 0.1) is 5.82 Å². The summed E-state index contributed by atoms with van der Waals surface area (Å²) >= 11 is 3.45. The molecule has 0 fully saturated rings. The number of rotatable bonds is 4. The molecule has 1 heterocycles. The minimum absolute atomic E-state index is 0.316. The summed E-state index contributed by atoms with van der Waals surface area (Å²) < 4.78 is 19.5. The van der Waals surface area contributed by atoms with Crippen molar-refractivity contribution in [3.05, 3.63) is 64.1 Å². The van der Waals surface area contributed by atoms with Gasteiger partial charge in [-0.05, 0) is 73.0 Å². The highest BCUT2D eigenvalue weighted by Crippen LogP contribution is 2.25. The van der Waals surface area contributed by atoms with Crippen molar-refractivity contribution >= 4 is 22.0 Å². The van der Waals surface area contributed by atoms with Gasteiger partial charge in [-0.25, -0.2) is 9.18 Å². The molecule has 0 unspecified atom stereocenters. The van der Waals surface area contributed by atoms with Crippen LogP contribution in [-0.4, -0.2) is 16.7 Å². The zero-order valence-electron chi connectivity index (χ0n) is 13.8. The van der Waals surface area contributed by atoms with E-state index in [1.165, 1.54) is 12.1 Å². The molecule has 0 bridgehead atoms. The van der Waals surface area contributed by atoms with E-state index < -0.39 is 17.7 Å². The van der Waals surface area contributed by atoms with Gasteiger partial charge in [0.2, 0.25) is 0 Å². The van der Waals surface area contributed by atoms with Crippen molar-refractivity contribution in [2.24, 2.45) is 0 Å². The van der Waals surface area contributed by atoms with E-state index in [0.717, 1.165) is 10.0 Å². The molecule has 1 aromatic heterocycles. The van der Waals surface area contributed by atoms with Crippen LogP contribution in [0.4, 0.5) is 9.18 Å². The third-order valence-electron chi connectivity index (χ3n) is 3.14. The summed E-state index contributed by atoms with van der Waals surface area (Å²) in [6, 6.07) is 9.47. The Morgan fingerprint density at radius 3 is 2.71 bits per heavy atom. The van der Waals surface area contributed by atoms with Crippen LogP contribution < -0.4 is 5.32 Å². The number of aromatic nitrogens is 1. The molecule has 0 aliphatic heterocycles. The normalized spacial score (nSPS) is 12.5. The van der Waals surface area contributed by atoms with Crippen molar-refractivity contribution in [2.45, 2.75) is 38.8 Å². The highest BCUT2D eigenvalue weighted by Gasteiger charge is 2.23. The van der Waals surface area contributed by atoms with Crippen molar-refractivity contribution in [3.8, 4) is 0 Å². The molecule has 0 aliphatic rings. The lowest BCUT2D eigenvalue weighted by molar-refractivity contribution is 0.0502. The number of carbonyl (C=O) groups is 1. The van der Waals surface area contributed by atoms with Crippen molar-refractivity contribution in [2.75, 3.05) is 0 Å². The number of hydrogen-bond donors (Lipinski definition) is 1. The lowest BCUT2D eigenvalue weighted by atomic mass is 10.0. The summed E-state index contributed by atoms with van der Waals surface area (Å²) in [6.07, 6.45) is 1.50. The molecular weight excluding hydrogens is 375 g/mol. The summed E-state index contributed by atoms with van der Waals surface area (Å²) in [7, 11) is 0. The van der Waals surface area contributed by atoms with E-state index in [-0.39, 0.29) is 5.82 Å². The molecule has 128 valence electrons. The van der Waals surface area contributed by atoms with Crippen molar-refractivity contribution in [1.82, 2.24) is 10.3 Å². The smallest absolute Gasteiger partial charge is 0.408 e. The summed E-state index contributed by atoms with van der Waals surface area (Å²) in [4.78, 5) is 16.5. The van der Waals surface area contributed by atoms with Crippen LogP contribution in [0.3, 0.4) is 0 Å². The van der Waals surface area contributed by atoms with Crippen molar-refractivity contribution in [1.29, 1.82) is 0 Å². The first-order chi connectivity index (χ1) is 11.2. The maximum absolute atomic E-state index is 13.4. The fourth-order valence-corrected chi connectivity index (χ4v) is 2.75. The fourth-order valence-electron chi connectivity index (χ4n) is 2.22. The van der Waals surface area contributed by atoms with Crippen molar-refractivity contribution < 1.29 is 13.9 Å². The van der Waals surface area contributed by atoms with Gasteiger partial charge in [-0.15, -0.1) is 0 Å². The van der Waals surface area contributed by atoms with Crippen LogP contribution in [0.1, 0.15) is 38.1 Å². The Morgan fingerprint density at radius 2 is 2.08 bits per heavy atom. The van der Waals surface area contributed by atoms with E-state index in [1.807, 2.05) is 12.1 Å². The van der Waals surface area contributed by atoms with E-state index in [0.29, 0.717) is 12.1 Å². The molecule has 4 nitrogen and oxygen atoms in total. The molecule has 1 N–H and O–H groups in total. The molecular formula is C18H20BrFN2O2. The second-order valence-electron chi connectivity index (χ2n) is 6.40. The predicted molar refractivity (Wildman–Crippen MR) is 94.2 cm³/mol. The number of benzene rings is 1. The first kappa shape index (κ1) is 18.4. The zero-order valence-corrected chi connectivity index (χ0v) is 15.4. The number of nitrogens with one attached hydrogen (secondary N) is 1. The first-order valence-electron chi connectivity index (χ1n) is 7.59. The summed E-state index contributed by atoms with van der Waals surface area (Å²) in [6.45, 7) is 5.39. The van der Waals surface area contributed by atoms with Crippen LogP contribution in [0.25, 0.3) is 0 Å². The SMILES string of the molecule is CC(C)(C)OC(=O)N[C@@H](Cc1cccc(F)c1)c1ncccc1Br. The molecule has 0 radical (unpaired) electrons. The fraction of sp³-hybridized carbons (Fsp3) is 0.333. The topological polar surface area (TPSA) is 51.2 Å². The lowest BCUT2D eigenvalue weighted by Gasteiger charge is -2.24. The Hall–Kier alpha value is -1.95. The van der Waals surface area contributed by atoms with Crippen LogP contribution >= 0.6 is 15.9 Å². The standard InChI is InChI=1S/C18H20BrFN2O2/c1-18(2,3)24-17(23)22-15(16-14(19)8-5-9-21-16)11-12-6-4-7-13(20)10-12/h4-10,15H,11H2,1-3H3,(H,22,23)/t15-/m0/s1. The number of hydrogen-bond acceptors (Lipinski definition) is 3. The lowest BCUT2D eigenvalue weighted by Crippen LogP contribution is -2.36. The molecule has 6 heteroatoms. The summed E-state index contributed by atoms with van der Waals surface area (Å²) in [5.74, 6) is -0.316. The van der Waals surface area contributed by atoms with Gasteiger partial charge in [0.25, 0.3) is 0 Å². The first-order valence-corrected chi connectivity index (χ1v) is 8.38. The Balaban J connectivity index is 2.25. The number of ether oxygens (including phenoxy) is 1. The van der Waals surface area contributed by atoms with Crippen LogP contribution in [0.15, 0.2) is 47.1 Å². The highest BCUT2D eigenvalue weighted by molar-refractivity contribution is 9.10. The van der Waals surface area contributed by atoms with E-state index >= 15 is 0 Å². The minimum atomic E-state index is -0.602. The van der Waals surface area contributed by atoms with Gasteiger partial charge in [0, 0.05) is 10.7 Å². The number of nitrogens with zero attached hydrogens (tertiary/aromatic N) is 1. The average molecular weight is 395 g/mol. The van der Waals surface area contributed by atoms with Crippen molar-refractivity contribution in [3.63, 3.8) is 0 Å². The number of pyridine rings is 1. The number of carbonyl (C=O) groups excluding carboxylic acids is 1. The largest absolute Gasteiger partial charge is 0.444 e. The quantitative estimate of drug-likeness (QED) is 0.810. The Labute approximate surface area is 149 Å². The van der Waals surface area contributed by atoms with Crippen LogP contribution in [0.2, 0.25) is 0 Å². The molecule has 0 aliphatic carbocycles. The second kappa shape index (κ2) is 7.75. The van der Waals surface area contributed by atoms with E-state index in [2.05, 4.69) is 26.2 Å². The second-order valence-corrected chi connectivity index (χ2v) is 7.26. The highest BCUT2D eigenvalue weighted by atomic mass is 79.9. The van der Waals surface area contributed by atoms with Gasteiger partial charge in [-0.3, -0.25) is 4.98 Å². The van der Waals surface area contributed by atoms with Crippen LogP contribution in [-0.2, 0) is 11.2 Å². The van der Waals surface area contributed by atoms with Gasteiger partial charge in [0.1, 0.15) is 11.4 Å². The zero-order chi connectivity index (χ0) is 17.7. The average Bonchev–Trinajstić information content (AvgIpc) is 2.45. The Kier molecular flexibility index (Phi) is 5.94. The Bertz CT molecular complexity index is 716. The maximum Gasteiger partial charge on any atom is 0.408 e. The Morgan fingerprint density at radius 1 is 1.33 bits per heavy atom. The minimum Gasteiger partial charge on any atom is -0.444 e. The maximum atomic E-state index is 13.4. The monoisotopic (exact) mass is 394 g/mol. The molecule has 1 aromatic carbocycles. The van der Waals surface area contributed by atoms with Gasteiger partial charge < -0.3 is 10.1 Å². The number of halogens is 2. The third kappa shape index (κ3) is 5.60. The molecule has 0 saturated carbocycles. The molecule has 1 atom stereocenters. The predicted octanol–water partition coefficient (Wildman–Crippen LogP) is 4.79. The molecule has 1 amide bonds. The molecule has 24 heavy (non-hydrogen) atoms. The summed E-state index contributed by atoms with van der Waals surface area (Å²) in [5, 5.41) is 2.82. The molecule has 2 aromatic rings. The van der Waals surface area contributed by atoms with Gasteiger partial charge in [0.15, 0.2) is 0 Å². The number of amides is 1. The third-order valence-corrected chi connectivity index (χ3v) is 3.81. The molecule has 2 rings (SSSR count). The summed E-state index contributed by atoms with van der Waals surface area (Å²) in [5.41, 5.74) is 0.815. The molecule has 0 spiro atoms.